The van der Waals surface area contributed by atoms with Crippen LogP contribution in [-0.2, 0) is 7.05 Å². The SMILES string of the molecule is CC(C)c1cc(=O)n(C)c(=O)[nH]1. The lowest BCUT2D eigenvalue weighted by Crippen LogP contribution is -2.33. The fourth-order valence-corrected chi connectivity index (χ4v) is 0.884. The van der Waals surface area contributed by atoms with Crippen LogP contribution in [0.15, 0.2) is 15.7 Å². The van der Waals surface area contributed by atoms with E-state index >= 15 is 0 Å². The average Bonchev–Trinajstić information content (AvgIpc) is 1.99. The number of hydrogen-bond donors (Lipinski definition) is 1. The Kier molecular flexibility index (Phi) is 2.17. The molecule has 0 saturated heterocycles. The fraction of sp³-hybridized carbons (Fsp3) is 0.500. The molecule has 66 valence electrons. The third-order valence-corrected chi connectivity index (χ3v) is 1.79. The van der Waals surface area contributed by atoms with Gasteiger partial charge in [-0.1, -0.05) is 13.8 Å². The molecular formula is C8H12N2O2. The lowest BCUT2D eigenvalue weighted by Gasteiger charge is -2.04. The molecule has 0 saturated carbocycles. The third kappa shape index (κ3) is 1.47. The summed E-state index contributed by atoms with van der Waals surface area (Å²) < 4.78 is 1.05. The molecule has 1 heterocycles. The number of rotatable bonds is 1. The van der Waals surface area contributed by atoms with Gasteiger partial charge in [0.15, 0.2) is 0 Å². The van der Waals surface area contributed by atoms with Gasteiger partial charge in [-0.25, -0.2) is 4.79 Å². The summed E-state index contributed by atoms with van der Waals surface area (Å²) in [5.74, 6) is 0.173. The van der Waals surface area contributed by atoms with Crippen LogP contribution < -0.4 is 11.2 Å². The number of aromatic nitrogens is 2. The minimum atomic E-state index is -0.355. The Bertz CT molecular complexity index is 356. The average molecular weight is 168 g/mol. The van der Waals surface area contributed by atoms with Crippen molar-refractivity contribution < 1.29 is 0 Å². The summed E-state index contributed by atoms with van der Waals surface area (Å²) in [5, 5.41) is 0. The van der Waals surface area contributed by atoms with Crippen molar-refractivity contribution in [2.24, 2.45) is 7.05 Å². The zero-order valence-electron chi connectivity index (χ0n) is 7.42. The monoisotopic (exact) mass is 168 g/mol. The standard InChI is InChI=1S/C8H12N2O2/c1-5(2)6-4-7(11)10(3)8(12)9-6/h4-5H,1-3H3,(H,9,12). The van der Waals surface area contributed by atoms with Crippen molar-refractivity contribution in [1.29, 1.82) is 0 Å². The highest BCUT2D eigenvalue weighted by molar-refractivity contribution is 5.03. The molecule has 1 rings (SSSR count). The van der Waals surface area contributed by atoms with E-state index in [2.05, 4.69) is 4.98 Å². The van der Waals surface area contributed by atoms with Crippen LogP contribution in [0, 0.1) is 0 Å². The first-order valence-corrected chi connectivity index (χ1v) is 3.82. The van der Waals surface area contributed by atoms with Gasteiger partial charge in [-0.3, -0.25) is 9.36 Å². The van der Waals surface area contributed by atoms with Gasteiger partial charge in [0.1, 0.15) is 0 Å². The molecule has 0 aliphatic rings. The number of H-pyrrole nitrogens is 1. The Balaban J connectivity index is 3.42. The van der Waals surface area contributed by atoms with E-state index in [0.29, 0.717) is 5.69 Å². The first-order chi connectivity index (χ1) is 5.52. The second-order valence-electron chi connectivity index (χ2n) is 3.08. The van der Waals surface area contributed by atoms with Crippen molar-refractivity contribution in [1.82, 2.24) is 9.55 Å². The maximum Gasteiger partial charge on any atom is 0.328 e. The van der Waals surface area contributed by atoms with Gasteiger partial charge in [0, 0.05) is 18.8 Å². The molecule has 0 fully saturated rings. The van der Waals surface area contributed by atoms with Gasteiger partial charge in [-0.15, -0.1) is 0 Å². The summed E-state index contributed by atoms with van der Waals surface area (Å²) >= 11 is 0. The van der Waals surface area contributed by atoms with E-state index in [1.165, 1.54) is 13.1 Å². The third-order valence-electron chi connectivity index (χ3n) is 1.79. The van der Waals surface area contributed by atoms with Crippen LogP contribution in [0.1, 0.15) is 25.5 Å². The second-order valence-corrected chi connectivity index (χ2v) is 3.08. The van der Waals surface area contributed by atoms with Crippen molar-refractivity contribution in [3.8, 4) is 0 Å². The Hall–Kier alpha value is -1.32. The summed E-state index contributed by atoms with van der Waals surface area (Å²) in [6.07, 6.45) is 0. The van der Waals surface area contributed by atoms with Crippen molar-refractivity contribution in [2.45, 2.75) is 19.8 Å². The van der Waals surface area contributed by atoms with Crippen molar-refractivity contribution >= 4 is 0 Å². The van der Waals surface area contributed by atoms with Crippen LogP contribution in [0.4, 0.5) is 0 Å². The zero-order chi connectivity index (χ0) is 9.30. The van der Waals surface area contributed by atoms with Crippen LogP contribution in [0.3, 0.4) is 0 Å². The first-order valence-electron chi connectivity index (χ1n) is 3.82. The Morgan fingerprint density at radius 3 is 2.42 bits per heavy atom. The molecule has 0 radical (unpaired) electrons. The molecule has 4 heteroatoms. The smallest absolute Gasteiger partial charge is 0.311 e. The fourth-order valence-electron chi connectivity index (χ4n) is 0.884. The molecule has 0 aromatic carbocycles. The van der Waals surface area contributed by atoms with Gasteiger partial charge in [0.2, 0.25) is 0 Å². The molecule has 1 aromatic heterocycles. The highest BCUT2D eigenvalue weighted by Crippen LogP contribution is 2.05. The molecule has 12 heavy (non-hydrogen) atoms. The van der Waals surface area contributed by atoms with Crippen molar-refractivity contribution in [3.05, 3.63) is 32.6 Å². The van der Waals surface area contributed by atoms with E-state index in [0.717, 1.165) is 4.57 Å². The predicted octanol–water partition coefficient (Wildman–Crippen LogP) is 0.197. The molecule has 1 aromatic rings. The van der Waals surface area contributed by atoms with Crippen molar-refractivity contribution in [2.75, 3.05) is 0 Å². The molecule has 0 aliphatic heterocycles. The van der Waals surface area contributed by atoms with Gasteiger partial charge >= 0.3 is 5.69 Å². The lowest BCUT2D eigenvalue weighted by atomic mass is 10.1. The van der Waals surface area contributed by atoms with E-state index in [1.807, 2.05) is 13.8 Å². The second kappa shape index (κ2) is 2.97. The van der Waals surface area contributed by atoms with Gasteiger partial charge < -0.3 is 4.98 Å². The van der Waals surface area contributed by atoms with Crippen LogP contribution >= 0.6 is 0 Å². The minimum absolute atomic E-state index is 0.173. The quantitative estimate of drug-likeness (QED) is 0.651. The maximum absolute atomic E-state index is 11.1. The molecule has 4 nitrogen and oxygen atoms in total. The normalized spacial score (nSPS) is 10.7. The highest BCUT2D eigenvalue weighted by atomic mass is 16.2. The Labute approximate surface area is 69.9 Å². The number of nitrogens with zero attached hydrogens (tertiary/aromatic N) is 1. The lowest BCUT2D eigenvalue weighted by molar-refractivity contribution is 0.722. The van der Waals surface area contributed by atoms with Crippen LogP contribution in [-0.4, -0.2) is 9.55 Å². The largest absolute Gasteiger partial charge is 0.328 e. The molecular weight excluding hydrogens is 156 g/mol. The number of hydrogen-bond acceptors (Lipinski definition) is 2. The van der Waals surface area contributed by atoms with E-state index in [1.54, 1.807) is 0 Å². The van der Waals surface area contributed by atoms with Gasteiger partial charge in [0.05, 0.1) is 0 Å². The zero-order valence-corrected chi connectivity index (χ0v) is 7.42. The molecule has 0 atom stereocenters. The molecule has 0 bridgehead atoms. The summed E-state index contributed by atoms with van der Waals surface area (Å²) in [4.78, 5) is 24.8. The first kappa shape index (κ1) is 8.77. The Morgan fingerprint density at radius 1 is 1.42 bits per heavy atom. The summed E-state index contributed by atoms with van der Waals surface area (Å²) in [6.45, 7) is 3.84. The highest BCUT2D eigenvalue weighted by Gasteiger charge is 2.03. The molecule has 0 spiro atoms. The van der Waals surface area contributed by atoms with E-state index < -0.39 is 0 Å². The molecule has 0 unspecified atom stereocenters. The summed E-state index contributed by atoms with van der Waals surface area (Å²) in [6, 6.07) is 1.45. The number of nitrogens with one attached hydrogen (secondary N) is 1. The van der Waals surface area contributed by atoms with Gasteiger partial charge in [-0.05, 0) is 5.92 Å². The van der Waals surface area contributed by atoms with E-state index in [-0.39, 0.29) is 17.2 Å². The Morgan fingerprint density at radius 2 is 2.00 bits per heavy atom. The van der Waals surface area contributed by atoms with E-state index in [4.69, 9.17) is 0 Å². The van der Waals surface area contributed by atoms with Crippen LogP contribution in [0.25, 0.3) is 0 Å². The minimum Gasteiger partial charge on any atom is -0.311 e. The topological polar surface area (TPSA) is 54.9 Å². The van der Waals surface area contributed by atoms with Gasteiger partial charge in [0.25, 0.3) is 5.56 Å². The van der Waals surface area contributed by atoms with Crippen molar-refractivity contribution in [3.63, 3.8) is 0 Å². The summed E-state index contributed by atoms with van der Waals surface area (Å²) in [5.41, 5.74) is 0.0664. The van der Waals surface area contributed by atoms with E-state index in [9.17, 15) is 9.59 Å². The van der Waals surface area contributed by atoms with Gasteiger partial charge in [-0.2, -0.15) is 0 Å². The summed E-state index contributed by atoms with van der Waals surface area (Å²) in [7, 11) is 1.45. The molecule has 1 N–H and O–H groups in total. The predicted molar refractivity (Wildman–Crippen MR) is 46.4 cm³/mol. The van der Waals surface area contributed by atoms with Crippen LogP contribution in [0.2, 0.25) is 0 Å². The maximum atomic E-state index is 11.1. The number of aromatic amines is 1. The van der Waals surface area contributed by atoms with Crippen LogP contribution in [0.5, 0.6) is 0 Å². The molecule has 0 amide bonds. The molecule has 0 aliphatic carbocycles.